The van der Waals surface area contributed by atoms with E-state index in [1.54, 1.807) is 4.90 Å². The summed E-state index contributed by atoms with van der Waals surface area (Å²) in [4.78, 5) is 33.1. The van der Waals surface area contributed by atoms with Crippen molar-refractivity contribution in [2.75, 3.05) is 31.1 Å². The fraction of sp³-hybridized carbons (Fsp3) is 0.500. The molecular formula is C16H22N4O3. The minimum absolute atomic E-state index is 0.208. The van der Waals surface area contributed by atoms with E-state index in [1.807, 2.05) is 39.0 Å². The summed E-state index contributed by atoms with van der Waals surface area (Å²) in [6.45, 7) is 8.19. The summed E-state index contributed by atoms with van der Waals surface area (Å²) in [5, 5.41) is 0. The van der Waals surface area contributed by atoms with E-state index in [-0.39, 0.29) is 11.8 Å². The molecule has 7 nitrogen and oxygen atoms in total. The number of nitrogens with one attached hydrogen (secondary N) is 2. The Morgan fingerprint density at radius 3 is 2.48 bits per heavy atom. The predicted octanol–water partition coefficient (Wildman–Crippen LogP) is 1.91. The highest BCUT2D eigenvalue weighted by Gasteiger charge is 2.26. The lowest BCUT2D eigenvalue weighted by atomic mass is 10.2. The van der Waals surface area contributed by atoms with Gasteiger partial charge in [0.15, 0.2) is 0 Å². The number of carbonyl (C=O) groups is 1. The largest absolute Gasteiger partial charge is 0.444 e. The summed E-state index contributed by atoms with van der Waals surface area (Å²) in [6, 6.07) is 5.77. The Hall–Kier alpha value is -2.44. The van der Waals surface area contributed by atoms with Gasteiger partial charge in [0.25, 0.3) is 0 Å². The first-order chi connectivity index (χ1) is 10.8. The number of ether oxygens (including phenoxy) is 1. The molecule has 1 amide bonds. The molecule has 1 aromatic heterocycles. The second kappa shape index (κ2) is 5.64. The molecule has 1 fully saturated rings. The molecule has 3 rings (SSSR count). The van der Waals surface area contributed by atoms with E-state index >= 15 is 0 Å². The van der Waals surface area contributed by atoms with E-state index < -0.39 is 5.60 Å². The summed E-state index contributed by atoms with van der Waals surface area (Å²) in [6.07, 6.45) is -0.273. The lowest BCUT2D eigenvalue weighted by molar-refractivity contribution is 0.0241. The van der Waals surface area contributed by atoms with E-state index in [1.165, 1.54) is 0 Å². The van der Waals surface area contributed by atoms with Crippen LogP contribution in [0, 0.1) is 0 Å². The Morgan fingerprint density at radius 2 is 1.83 bits per heavy atom. The van der Waals surface area contributed by atoms with Crippen LogP contribution in [0.3, 0.4) is 0 Å². The minimum atomic E-state index is -0.482. The molecule has 2 N–H and O–H groups in total. The number of rotatable bonds is 1. The third-order valence-corrected chi connectivity index (χ3v) is 3.80. The van der Waals surface area contributed by atoms with Gasteiger partial charge in [0.1, 0.15) is 5.60 Å². The Morgan fingerprint density at radius 1 is 1.13 bits per heavy atom. The molecule has 124 valence electrons. The zero-order valence-corrected chi connectivity index (χ0v) is 13.7. The average molecular weight is 318 g/mol. The number of aromatic nitrogens is 2. The number of benzene rings is 1. The zero-order valence-electron chi connectivity index (χ0n) is 13.7. The number of nitrogens with zero attached hydrogens (tertiary/aromatic N) is 2. The first-order valence-electron chi connectivity index (χ1n) is 7.77. The van der Waals surface area contributed by atoms with Crippen LogP contribution in [-0.2, 0) is 4.74 Å². The van der Waals surface area contributed by atoms with Gasteiger partial charge in [-0.25, -0.2) is 9.59 Å². The standard InChI is InChI=1S/C16H22N4O3/c1-16(2,3)23-15(22)20-9-7-19(8-10-20)12-6-4-5-11-13(12)18-14(21)17-11/h4-6H,7-10H2,1-3H3,(H2,17,18,21). The highest BCUT2D eigenvalue weighted by molar-refractivity contribution is 5.88. The van der Waals surface area contributed by atoms with Crippen molar-refractivity contribution in [2.24, 2.45) is 0 Å². The fourth-order valence-electron chi connectivity index (χ4n) is 2.76. The van der Waals surface area contributed by atoms with Crippen LogP contribution in [0.4, 0.5) is 10.5 Å². The topological polar surface area (TPSA) is 81.4 Å². The van der Waals surface area contributed by atoms with Crippen LogP contribution in [0.25, 0.3) is 11.0 Å². The van der Waals surface area contributed by atoms with E-state index in [0.717, 1.165) is 16.7 Å². The van der Waals surface area contributed by atoms with Crippen molar-refractivity contribution in [3.05, 3.63) is 28.7 Å². The number of fused-ring (bicyclic) bond motifs is 1. The van der Waals surface area contributed by atoms with E-state index in [2.05, 4.69) is 14.9 Å². The second-order valence-corrected chi connectivity index (χ2v) is 6.73. The van der Waals surface area contributed by atoms with Crippen LogP contribution in [0.5, 0.6) is 0 Å². The van der Waals surface area contributed by atoms with E-state index in [4.69, 9.17) is 4.74 Å². The van der Waals surface area contributed by atoms with E-state index in [0.29, 0.717) is 26.2 Å². The average Bonchev–Trinajstić information content (AvgIpc) is 2.85. The fourth-order valence-corrected chi connectivity index (χ4v) is 2.76. The van der Waals surface area contributed by atoms with Gasteiger partial charge in [0.2, 0.25) is 0 Å². The maximum Gasteiger partial charge on any atom is 0.410 e. The Bertz CT molecular complexity index is 763. The zero-order chi connectivity index (χ0) is 16.6. The molecule has 0 spiro atoms. The summed E-state index contributed by atoms with van der Waals surface area (Å²) in [5.74, 6) is 0. The SMILES string of the molecule is CC(C)(C)OC(=O)N1CCN(c2cccc3[nH]c(=O)[nH]c23)CC1. The molecule has 1 saturated heterocycles. The molecule has 0 saturated carbocycles. The molecule has 7 heteroatoms. The number of aromatic amines is 2. The highest BCUT2D eigenvalue weighted by Crippen LogP contribution is 2.24. The van der Waals surface area contributed by atoms with Gasteiger partial charge in [-0.3, -0.25) is 0 Å². The van der Waals surface area contributed by atoms with Crippen molar-refractivity contribution in [3.63, 3.8) is 0 Å². The van der Waals surface area contributed by atoms with Crippen molar-refractivity contribution in [1.82, 2.24) is 14.9 Å². The van der Waals surface area contributed by atoms with Gasteiger partial charge < -0.3 is 24.5 Å². The van der Waals surface area contributed by atoms with Gasteiger partial charge in [0, 0.05) is 26.2 Å². The number of H-pyrrole nitrogens is 2. The molecule has 1 aliphatic rings. The van der Waals surface area contributed by atoms with Gasteiger partial charge in [-0.2, -0.15) is 0 Å². The van der Waals surface area contributed by atoms with Gasteiger partial charge in [-0.15, -0.1) is 0 Å². The Labute approximate surface area is 134 Å². The van der Waals surface area contributed by atoms with Crippen LogP contribution in [0.1, 0.15) is 20.8 Å². The molecule has 2 heterocycles. The minimum Gasteiger partial charge on any atom is -0.444 e. The Kier molecular flexibility index (Phi) is 3.79. The molecule has 0 bridgehead atoms. The summed E-state index contributed by atoms with van der Waals surface area (Å²) < 4.78 is 5.41. The molecule has 0 unspecified atom stereocenters. The number of anilines is 1. The normalized spacial score (nSPS) is 16.0. The quantitative estimate of drug-likeness (QED) is 0.841. The third kappa shape index (κ3) is 3.33. The molecule has 1 aliphatic heterocycles. The number of hydrogen-bond donors (Lipinski definition) is 2. The maximum absolute atomic E-state index is 12.1. The van der Waals surface area contributed by atoms with E-state index in [9.17, 15) is 9.59 Å². The van der Waals surface area contributed by atoms with Crippen molar-refractivity contribution in [2.45, 2.75) is 26.4 Å². The van der Waals surface area contributed by atoms with Crippen LogP contribution >= 0.6 is 0 Å². The van der Waals surface area contributed by atoms with Crippen molar-refractivity contribution in [1.29, 1.82) is 0 Å². The lowest BCUT2D eigenvalue weighted by Gasteiger charge is -2.36. The number of imidazole rings is 1. The predicted molar refractivity (Wildman–Crippen MR) is 88.9 cm³/mol. The first-order valence-corrected chi connectivity index (χ1v) is 7.77. The van der Waals surface area contributed by atoms with Gasteiger partial charge in [-0.05, 0) is 32.9 Å². The van der Waals surface area contributed by atoms with Crippen LogP contribution in [0.15, 0.2) is 23.0 Å². The number of amides is 1. The Balaban J connectivity index is 1.71. The maximum atomic E-state index is 12.1. The first kappa shape index (κ1) is 15.5. The van der Waals surface area contributed by atoms with Crippen molar-refractivity contribution in [3.8, 4) is 0 Å². The van der Waals surface area contributed by atoms with Crippen molar-refractivity contribution < 1.29 is 9.53 Å². The molecule has 0 atom stereocenters. The summed E-state index contributed by atoms with van der Waals surface area (Å²) >= 11 is 0. The number of hydrogen-bond acceptors (Lipinski definition) is 4. The second-order valence-electron chi connectivity index (χ2n) is 6.73. The van der Waals surface area contributed by atoms with Gasteiger partial charge >= 0.3 is 11.8 Å². The highest BCUT2D eigenvalue weighted by atomic mass is 16.6. The van der Waals surface area contributed by atoms with Crippen LogP contribution in [-0.4, -0.2) is 52.7 Å². The molecule has 2 aromatic rings. The number of para-hydroxylation sites is 1. The van der Waals surface area contributed by atoms with Crippen LogP contribution in [0.2, 0.25) is 0 Å². The molecular weight excluding hydrogens is 296 g/mol. The molecule has 1 aromatic carbocycles. The van der Waals surface area contributed by atoms with Gasteiger partial charge in [-0.1, -0.05) is 6.07 Å². The summed E-state index contributed by atoms with van der Waals surface area (Å²) in [7, 11) is 0. The molecule has 0 aliphatic carbocycles. The van der Waals surface area contributed by atoms with Gasteiger partial charge in [0.05, 0.1) is 16.7 Å². The number of carbonyl (C=O) groups excluding carboxylic acids is 1. The monoisotopic (exact) mass is 318 g/mol. The molecule has 0 radical (unpaired) electrons. The smallest absolute Gasteiger partial charge is 0.410 e. The number of piperazine rings is 1. The third-order valence-electron chi connectivity index (χ3n) is 3.80. The molecule has 23 heavy (non-hydrogen) atoms. The van der Waals surface area contributed by atoms with Crippen molar-refractivity contribution >= 4 is 22.8 Å². The summed E-state index contributed by atoms with van der Waals surface area (Å²) in [5.41, 5.74) is 1.89. The van der Waals surface area contributed by atoms with Crippen LogP contribution < -0.4 is 10.6 Å². The lowest BCUT2D eigenvalue weighted by Crippen LogP contribution is -2.50.